The van der Waals surface area contributed by atoms with Gasteiger partial charge in [-0.1, -0.05) is 38.9 Å². The predicted octanol–water partition coefficient (Wildman–Crippen LogP) is 3.95. The maximum Gasteiger partial charge on any atom is 0.130 e. The summed E-state index contributed by atoms with van der Waals surface area (Å²) in [4.78, 5) is 4.72. The van der Waals surface area contributed by atoms with E-state index in [2.05, 4.69) is 49.9 Å². The summed E-state index contributed by atoms with van der Waals surface area (Å²) in [7, 11) is -1.32. The minimum Gasteiger partial charge on any atom is -0.252 e. The fourth-order valence-electron chi connectivity index (χ4n) is 3.82. The van der Waals surface area contributed by atoms with E-state index >= 15 is 0 Å². The predicted molar refractivity (Wildman–Crippen MR) is 84.6 cm³/mol. The fourth-order valence-corrected chi connectivity index (χ4v) is 4.26. The smallest absolute Gasteiger partial charge is 0.130 e. The standard InChI is InChI=1S/C17H26O2Si/c1-17-12-7-9-16(19-18)15(17)11-10-14(17)8-5-6-13-20(2,3)4/h14-16,18H,7,9-12H2,1-4H3/t14-,15?,16-,17+/m0/s1. The van der Waals surface area contributed by atoms with Crippen LogP contribution >= 0.6 is 0 Å². The lowest BCUT2D eigenvalue weighted by atomic mass is 9.64. The topological polar surface area (TPSA) is 29.5 Å². The molecule has 0 aromatic carbocycles. The first kappa shape index (κ1) is 15.6. The van der Waals surface area contributed by atoms with Crippen LogP contribution in [0.25, 0.3) is 0 Å². The van der Waals surface area contributed by atoms with E-state index in [4.69, 9.17) is 10.1 Å². The van der Waals surface area contributed by atoms with E-state index in [-0.39, 0.29) is 11.5 Å². The minimum atomic E-state index is -1.32. The Morgan fingerprint density at radius 1 is 1.15 bits per heavy atom. The summed E-state index contributed by atoms with van der Waals surface area (Å²) in [6.07, 6.45) is 5.53. The van der Waals surface area contributed by atoms with Crippen LogP contribution in [-0.2, 0) is 4.89 Å². The molecule has 0 aromatic rings. The second-order valence-electron chi connectivity index (χ2n) is 7.55. The molecule has 3 heteroatoms. The highest BCUT2D eigenvalue weighted by Gasteiger charge is 2.51. The van der Waals surface area contributed by atoms with Crippen molar-refractivity contribution in [3.63, 3.8) is 0 Å². The lowest BCUT2D eigenvalue weighted by Gasteiger charge is -2.42. The van der Waals surface area contributed by atoms with Crippen LogP contribution in [0.1, 0.15) is 39.0 Å². The van der Waals surface area contributed by atoms with Crippen LogP contribution in [0.15, 0.2) is 0 Å². The molecule has 2 aliphatic rings. The van der Waals surface area contributed by atoms with Crippen LogP contribution < -0.4 is 0 Å². The molecule has 0 aromatic heterocycles. The number of hydrogen-bond donors (Lipinski definition) is 1. The maximum atomic E-state index is 9.09. The molecule has 2 fully saturated rings. The van der Waals surface area contributed by atoms with Crippen molar-refractivity contribution in [2.24, 2.45) is 17.3 Å². The van der Waals surface area contributed by atoms with Gasteiger partial charge in [-0.2, -0.15) is 0 Å². The third-order valence-corrected chi connectivity index (χ3v) is 5.82. The normalized spacial score (nSPS) is 36.4. The molecule has 0 saturated heterocycles. The first-order valence-electron chi connectivity index (χ1n) is 7.70. The Morgan fingerprint density at radius 2 is 1.90 bits per heavy atom. The molecule has 2 aliphatic carbocycles. The number of rotatable bonds is 1. The zero-order chi connectivity index (χ0) is 14.8. The summed E-state index contributed by atoms with van der Waals surface area (Å²) in [6, 6.07) is 0. The third-order valence-electron chi connectivity index (χ3n) is 4.94. The molecule has 20 heavy (non-hydrogen) atoms. The first-order valence-corrected chi connectivity index (χ1v) is 11.2. The van der Waals surface area contributed by atoms with Crippen molar-refractivity contribution < 1.29 is 10.1 Å². The van der Waals surface area contributed by atoms with Crippen LogP contribution in [0.2, 0.25) is 19.6 Å². The average molecular weight is 290 g/mol. The van der Waals surface area contributed by atoms with Gasteiger partial charge in [0.15, 0.2) is 0 Å². The molecule has 0 amide bonds. The molecule has 0 radical (unpaired) electrons. The van der Waals surface area contributed by atoms with E-state index < -0.39 is 8.07 Å². The summed E-state index contributed by atoms with van der Waals surface area (Å²) in [5.74, 6) is 10.4. The largest absolute Gasteiger partial charge is 0.252 e. The second-order valence-corrected chi connectivity index (χ2v) is 12.3. The minimum absolute atomic E-state index is 0.00798. The van der Waals surface area contributed by atoms with Gasteiger partial charge in [-0.3, -0.25) is 5.26 Å². The lowest BCUT2D eigenvalue weighted by Crippen LogP contribution is -2.40. The highest BCUT2D eigenvalue weighted by molar-refractivity contribution is 6.83. The van der Waals surface area contributed by atoms with Gasteiger partial charge in [0.25, 0.3) is 0 Å². The van der Waals surface area contributed by atoms with E-state index in [0.717, 1.165) is 25.7 Å². The summed E-state index contributed by atoms with van der Waals surface area (Å²) in [5, 5.41) is 9.09. The van der Waals surface area contributed by atoms with Crippen LogP contribution in [0.4, 0.5) is 0 Å². The Kier molecular flexibility index (Phi) is 4.64. The van der Waals surface area contributed by atoms with Crippen LogP contribution in [-0.4, -0.2) is 19.4 Å². The molecule has 2 nitrogen and oxygen atoms in total. The number of fused-ring (bicyclic) bond motifs is 1. The summed E-state index contributed by atoms with van der Waals surface area (Å²) < 4.78 is 0. The highest BCUT2D eigenvalue weighted by Crippen LogP contribution is 2.55. The zero-order valence-corrected chi connectivity index (χ0v) is 14.1. The Labute approximate surface area is 124 Å². The monoisotopic (exact) mass is 290 g/mol. The Morgan fingerprint density at radius 3 is 2.55 bits per heavy atom. The molecular weight excluding hydrogens is 264 g/mol. The molecule has 0 aliphatic heterocycles. The Bertz CT molecular complexity index is 471. The van der Waals surface area contributed by atoms with Gasteiger partial charge < -0.3 is 0 Å². The van der Waals surface area contributed by atoms with Gasteiger partial charge in [0.05, 0.1) is 6.10 Å². The van der Waals surface area contributed by atoms with Crippen molar-refractivity contribution >= 4 is 8.07 Å². The van der Waals surface area contributed by atoms with Crippen molar-refractivity contribution in [3.05, 3.63) is 0 Å². The molecule has 1 unspecified atom stereocenters. The molecule has 2 saturated carbocycles. The van der Waals surface area contributed by atoms with Gasteiger partial charge >= 0.3 is 0 Å². The zero-order valence-electron chi connectivity index (χ0n) is 13.1. The molecule has 0 bridgehead atoms. The van der Waals surface area contributed by atoms with E-state index in [0.29, 0.717) is 11.8 Å². The van der Waals surface area contributed by atoms with E-state index in [1.54, 1.807) is 0 Å². The molecule has 1 N–H and O–H groups in total. The fraction of sp³-hybridized carbons (Fsp3) is 0.765. The van der Waals surface area contributed by atoms with Gasteiger partial charge in [-0.15, -0.1) is 5.54 Å². The third kappa shape index (κ3) is 3.29. The summed E-state index contributed by atoms with van der Waals surface area (Å²) >= 11 is 0. The molecule has 0 spiro atoms. The van der Waals surface area contributed by atoms with Gasteiger partial charge in [0, 0.05) is 5.92 Å². The van der Waals surface area contributed by atoms with Crippen molar-refractivity contribution in [2.45, 2.75) is 64.8 Å². The van der Waals surface area contributed by atoms with Crippen molar-refractivity contribution in [3.8, 4) is 23.3 Å². The maximum absolute atomic E-state index is 9.09. The SMILES string of the molecule is C[C@]12CCC[C@H](OO)C1CC[C@@H]2C#CC#C[Si](C)(C)C. The molecule has 110 valence electrons. The Balaban J connectivity index is 2.11. The lowest BCUT2D eigenvalue weighted by molar-refractivity contribution is -0.303. The van der Waals surface area contributed by atoms with Gasteiger partial charge in [-0.25, -0.2) is 4.89 Å². The second kappa shape index (κ2) is 5.94. The quantitative estimate of drug-likeness (QED) is 0.343. The molecule has 2 rings (SSSR count). The van der Waals surface area contributed by atoms with Crippen LogP contribution in [0.3, 0.4) is 0 Å². The van der Waals surface area contributed by atoms with Crippen LogP contribution in [0, 0.1) is 40.6 Å². The van der Waals surface area contributed by atoms with E-state index in [1.165, 1.54) is 6.42 Å². The van der Waals surface area contributed by atoms with Crippen molar-refractivity contribution in [1.82, 2.24) is 0 Å². The number of hydrogen-bond acceptors (Lipinski definition) is 2. The van der Waals surface area contributed by atoms with Gasteiger partial charge in [-0.05, 0) is 48.9 Å². The highest BCUT2D eigenvalue weighted by atomic mass is 28.3. The summed E-state index contributed by atoms with van der Waals surface area (Å²) in [6.45, 7) is 9.03. The van der Waals surface area contributed by atoms with Crippen molar-refractivity contribution in [1.29, 1.82) is 0 Å². The summed E-state index contributed by atoms with van der Waals surface area (Å²) in [5.41, 5.74) is 3.49. The van der Waals surface area contributed by atoms with Gasteiger partial charge in [0.1, 0.15) is 8.07 Å². The average Bonchev–Trinajstić information content (AvgIpc) is 2.70. The molecular formula is C17H26O2Si. The van der Waals surface area contributed by atoms with Gasteiger partial charge in [0.2, 0.25) is 0 Å². The Hall–Kier alpha value is -0.743. The van der Waals surface area contributed by atoms with E-state index in [9.17, 15) is 0 Å². The molecule has 4 atom stereocenters. The molecule has 0 heterocycles. The van der Waals surface area contributed by atoms with E-state index in [1.807, 2.05) is 0 Å². The van der Waals surface area contributed by atoms with Crippen LogP contribution in [0.5, 0.6) is 0 Å². The first-order chi connectivity index (χ1) is 9.37. The van der Waals surface area contributed by atoms with Crippen molar-refractivity contribution in [2.75, 3.05) is 0 Å².